The van der Waals surface area contributed by atoms with Crippen molar-refractivity contribution in [1.82, 2.24) is 10.2 Å². The molecule has 3 rings (SSSR count). The summed E-state index contributed by atoms with van der Waals surface area (Å²) in [7, 11) is 0. The van der Waals surface area contributed by atoms with Gasteiger partial charge in [-0.25, -0.2) is 4.39 Å². The summed E-state index contributed by atoms with van der Waals surface area (Å²) in [6, 6.07) is 4.29. The minimum atomic E-state index is -0.372. The summed E-state index contributed by atoms with van der Waals surface area (Å²) < 4.78 is 19.0. The summed E-state index contributed by atoms with van der Waals surface area (Å²) in [4.78, 5) is 14.6. The van der Waals surface area contributed by atoms with Gasteiger partial charge in [-0.05, 0) is 44.3 Å². The van der Waals surface area contributed by atoms with Crippen LogP contribution in [0.5, 0.6) is 0 Å². The SMILES string of the molecule is CCN(CC)CCCNC1=C/C(=C2/C(=O)Nc3cc(F)ccc32)OC1. The lowest BCUT2D eigenvalue weighted by atomic mass is 10.1. The average molecular weight is 345 g/mol. The Bertz CT molecular complexity index is 723. The molecule has 1 amide bonds. The number of carbonyl (C=O) groups excluding carboxylic acids is 1. The molecule has 0 saturated heterocycles. The van der Waals surface area contributed by atoms with Gasteiger partial charge in [0, 0.05) is 18.2 Å². The lowest BCUT2D eigenvalue weighted by Gasteiger charge is -2.17. The molecule has 0 saturated carbocycles. The van der Waals surface area contributed by atoms with Crippen molar-refractivity contribution >= 4 is 17.2 Å². The van der Waals surface area contributed by atoms with Crippen molar-refractivity contribution in [2.75, 3.05) is 38.1 Å². The number of anilines is 1. The molecule has 2 aliphatic rings. The highest BCUT2D eigenvalue weighted by molar-refractivity contribution is 6.32. The maximum absolute atomic E-state index is 13.3. The Labute approximate surface area is 147 Å². The molecule has 1 aromatic carbocycles. The number of hydrogen-bond acceptors (Lipinski definition) is 4. The summed E-state index contributed by atoms with van der Waals surface area (Å²) in [6.45, 7) is 8.80. The third-order valence-corrected chi connectivity index (χ3v) is 4.56. The molecule has 0 atom stereocenters. The number of amides is 1. The highest BCUT2D eigenvalue weighted by Gasteiger charge is 2.30. The fourth-order valence-corrected chi connectivity index (χ4v) is 3.12. The van der Waals surface area contributed by atoms with Crippen molar-refractivity contribution < 1.29 is 13.9 Å². The van der Waals surface area contributed by atoms with Gasteiger partial charge < -0.3 is 20.3 Å². The van der Waals surface area contributed by atoms with Gasteiger partial charge in [-0.1, -0.05) is 13.8 Å². The topological polar surface area (TPSA) is 53.6 Å². The Morgan fingerprint density at radius 3 is 2.88 bits per heavy atom. The Morgan fingerprint density at radius 2 is 2.12 bits per heavy atom. The minimum Gasteiger partial charge on any atom is -0.486 e. The molecule has 2 aliphatic heterocycles. The molecule has 0 bridgehead atoms. The molecule has 25 heavy (non-hydrogen) atoms. The average Bonchev–Trinajstić information content (AvgIpc) is 3.17. The number of nitrogens with one attached hydrogen (secondary N) is 2. The van der Waals surface area contributed by atoms with E-state index in [0.29, 0.717) is 29.2 Å². The van der Waals surface area contributed by atoms with Gasteiger partial charge in [0.2, 0.25) is 0 Å². The summed E-state index contributed by atoms with van der Waals surface area (Å²) in [5, 5.41) is 6.06. The van der Waals surface area contributed by atoms with Crippen molar-refractivity contribution in [3.05, 3.63) is 47.1 Å². The molecule has 0 unspecified atom stereocenters. The van der Waals surface area contributed by atoms with Crippen molar-refractivity contribution in [3.63, 3.8) is 0 Å². The van der Waals surface area contributed by atoms with Crippen LogP contribution in [0.1, 0.15) is 25.8 Å². The first-order chi connectivity index (χ1) is 12.1. The quantitative estimate of drug-likeness (QED) is 0.589. The highest BCUT2D eigenvalue weighted by Crippen LogP contribution is 2.36. The van der Waals surface area contributed by atoms with Gasteiger partial charge in [0.15, 0.2) is 0 Å². The van der Waals surface area contributed by atoms with E-state index in [1.807, 2.05) is 6.08 Å². The second-order valence-corrected chi connectivity index (χ2v) is 6.15. The first-order valence-corrected chi connectivity index (χ1v) is 8.77. The van der Waals surface area contributed by atoms with Crippen LogP contribution < -0.4 is 10.6 Å². The Hall–Kier alpha value is -2.34. The largest absolute Gasteiger partial charge is 0.486 e. The molecule has 2 N–H and O–H groups in total. The number of halogens is 1. The van der Waals surface area contributed by atoms with Gasteiger partial charge in [-0.2, -0.15) is 0 Å². The van der Waals surface area contributed by atoms with E-state index in [4.69, 9.17) is 4.74 Å². The van der Waals surface area contributed by atoms with Crippen molar-refractivity contribution in [3.8, 4) is 0 Å². The molecule has 2 heterocycles. The zero-order chi connectivity index (χ0) is 17.8. The van der Waals surface area contributed by atoms with Crippen LogP contribution in [0.25, 0.3) is 5.57 Å². The van der Waals surface area contributed by atoms with Gasteiger partial charge in [-0.3, -0.25) is 4.79 Å². The van der Waals surface area contributed by atoms with E-state index in [0.717, 1.165) is 38.3 Å². The molecule has 6 heteroatoms. The third kappa shape index (κ3) is 3.85. The fourth-order valence-electron chi connectivity index (χ4n) is 3.12. The highest BCUT2D eigenvalue weighted by atomic mass is 19.1. The van der Waals surface area contributed by atoms with E-state index in [1.54, 1.807) is 6.07 Å². The monoisotopic (exact) mass is 345 g/mol. The molecule has 0 fully saturated rings. The van der Waals surface area contributed by atoms with E-state index >= 15 is 0 Å². The second-order valence-electron chi connectivity index (χ2n) is 6.15. The fraction of sp³-hybridized carbons (Fsp3) is 0.421. The minimum absolute atomic E-state index is 0.255. The molecule has 0 radical (unpaired) electrons. The second kappa shape index (κ2) is 7.70. The van der Waals surface area contributed by atoms with Crippen LogP contribution >= 0.6 is 0 Å². The van der Waals surface area contributed by atoms with Gasteiger partial charge in [0.1, 0.15) is 18.2 Å². The van der Waals surface area contributed by atoms with E-state index < -0.39 is 0 Å². The first-order valence-electron chi connectivity index (χ1n) is 8.77. The number of benzene rings is 1. The molecule has 0 aliphatic carbocycles. The molecule has 0 aromatic heterocycles. The normalized spacial score (nSPS) is 18.9. The van der Waals surface area contributed by atoms with Crippen LogP contribution in [0.15, 0.2) is 35.7 Å². The number of hydrogen-bond donors (Lipinski definition) is 2. The number of carbonyl (C=O) groups is 1. The molecule has 134 valence electrons. The zero-order valence-corrected chi connectivity index (χ0v) is 14.7. The maximum atomic E-state index is 13.3. The third-order valence-electron chi connectivity index (χ3n) is 4.56. The van der Waals surface area contributed by atoms with Crippen molar-refractivity contribution in [1.29, 1.82) is 0 Å². The van der Waals surface area contributed by atoms with Crippen LogP contribution in [0.4, 0.5) is 10.1 Å². The first kappa shape index (κ1) is 17.5. The van der Waals surface area contributed by atoms with Crippen molar-refractivity contribution in [2.45, 2.75) is 20.3 Å². The van der Waals surface area contributed by atoms with Crippen LogP contribution in [0.3, 0.4) is 0 Å². The number of allylic oxidation sites excluding steroid dienone is 1. The molecule has 5 nitrogen and oxygen atoms in total. The predicted octanol–water partition coefficient (Wildman–Crippen LogP) is 2.72. The number of rotatable bonds is 7. The van der Waals surface area contributed by atoms with E-state index in [-0.39, 0.29) is 11.7 Å². The summed E-state index contributed by atoms with van der Waals surface area (Å²) in [6.07, 6.45) is 2.91. The van der Waals surface area contributed by atoms with Gasteiger partial charge >= 0.3 is 0 Å². The van der Waals surface area contributed by atoms with Crippen LogP contribution in [-0.2, 0) is 9.53 Å². The summed E-state index contributed by atoms with van der Waals surface area (Å²) >= 11 is 0. The summed E-state index contributed by atoms with van der Waals surface area (Å²) in [5.41, 5.74) is 2.60. The van der Waals surface area contributed by atoms with Gasteiger partial charge in [-0.15, -0.1) is 0 Å². The van der Waals surface area contributed by atoms with Crippen LogP contribution in [-0.4, -0.2) is 43.6 Å². The van der Waals surface area contributed by atoms with Gasteiger partial charge in [0.25, 0.3) is 5.91 Å². The van der Waals surface area contributed by atoms with Crippen LogP contribution in [0, 0.1) is 5.82 Å². The molecule has 1 aromatic rings. The standard InChI is InChI=1S/C19H24FN3O2/c1-3-23(4-2)9-5-8-21-14-11-17(25-12-14)18-15-7-6-13(20)10-16(15)22-19(18)24/h6-7,10-11,21H,3-5,8-9,12H2,1-2H3,(H,22,24)/b18-17-. The maximum Gasteiger partial charge on any atom is 0.260 e. The molecular formula is C19H24FN3O2. The molecular weight excluding hydrogens is 321 g/mol. The Balaban J connectivity index is 1.65. The van der Waals surface area contributed by atoms with E-state index in [2.05, 4.69) is 29.4 Å². The molecule has 0 spiro atoms. The summed E-state index contributed by atoms with van der Waals surface area (Å²) in [5.74, 6) is -0.0903. The smallest absolute Gasteiger partial charge is 0.260 e. The van der Waals surface area contributed by atoms with Gasteiger partial charge in [0.05, 0.1) is 17.0 Å². The number of nitrogens with zero attached hydrogens (tertiary/aromatic N) is 1. The Kier molecular flexibility index (Phi) is 5.38. The predicted molar refractivity (Wildman–Crippen MR) is 96.4 cm³/mol. The zero-order valence-electron chi connectivity index (χ0n) is 14.7. The van der Waals surface area contributed by atoms with E-state index in [1.165, 1.54) is 12.1 Å². The number of ether oxygens (including phenoxy) is 1. The van der Waals surface area contributed by atoms with Crippen LogP contribution in [0.2, 0.25) is 0 Å². The van der Waals surface area contributed by atoms with E-state index in [9.17, 15) is 9.18 Å². The Morgan fingerprint density at radius 1 is 1.32 bits per heavy atom. The van der Waals surface area contributed by atoms with Crippen molar-refractivity contribution in [2.24, 2.45) is 0 Å². The number of fused-ring (bicyclic) bond motifs is 1. The lowest BCUT2D eigenvalue weighted by molar-refractivity contribution is -0.110. The lowest BCUT2D eigenvalue weighted by Crippen LogP contribution is -2.27.